The Morgan fingerprint density at radius 1 is 1.27 bits per heavy atom. The molecule has 1 atom stereocenters. The van der Waals surface area contributed by atoms with Crippen LogP contribution in [0.4, 0.5) is 0 Å². The molecule has 0 fully saturated rings. The third kappa shape index (κ3) is 1.82. The molecule has 0 bridgehead atoms. The highest BCUT2D eigenvalue weighted by atomic mass is 16.6. The van der Waals surface area contributed by atoms with Crippen molar-refractivity contribution in [3.05, 3.63) is 58.6 Å². The van der Waals surface area contributed by atoms with Crippen LogP contribution < -0.4 is 0 Å². The molecule has 0 amide bonds. The highest BCUT2D eigenvalue weighted by molar-refractivity contribution is 6.23. The molecule has 3 aliphatic rings. The van der Waals surface area contributed by atoms with Gasteiger partial charge in [-0.3, -0.25) is 9.59 Å². The van der Waals surface area contributed by atoms with E-state index >= 15 is 0 Å². The first-order valence-electron chi connectivity index (χ1n) is 6.85. The summed E-state index contributed by atoms with van der Waals surface area (Å²) in [7, 11) is 0. The lowest BCUT2D eigenvalue weighted by Crippen LogP contribution is -2.40. The van der Waals surface area contributed by atoms with Crippen LogP contribution in [0.2, 0.25) is 0 Å². The molecule has 0 aromatic rings. The molecule has 2 aliphatic heterocycles. The van der Waals surface area contributed by atoms with E-state index < -0.39 is 17.4 Å². The van der Waals surface area contributed by atoms with E-state index in [-0.39, 0.29) is 11.4 Å². The lowest BCUT2D eigenvalue weighted by molar-refractivity contribution is -0.152. The van der Waals surface area contributed by atoms with Gasteiger partial charge in [-0.2, -0.15) is 0 Å². The van der Waals surface area contributed by atoms with Crippen LogP contribution in [0.5, 0.6) is 0 Å². The summed E-state index contributed by atoms with van der Waals surface area (Å²) >= 11 is 0. The van der Waals surface area contributed by atoms with Crippen molar-refractivity contribution >= 4 is 17.5 Å². The second-order valence-corrected chi connectivity index (χ2v) is 5.39. The fourth-order valence-corrected chi connectivity index (χ4v) is 2.83. The van der Waals surface area contributed by atoms with Crippen LogP contribution in [0, 0.1) is 0 Å². The molecule has 0 radical (unpaired) electrons. The van der Waals surface area contributed by atoms with Gasteiger partial charge in [-0.05, 0) is 44.6 Å². The van der Waals surface area contributed by atoms with E-state index in [0.29, 0.717) is 22.5 Å². The van der Waals surface area contributed by atoms with Crippen LogP contribution in [0.3, 0.4) is 0 Å². The number of Topliss-reactive ketones (excluding diaryl/α,β-unsaturated/α-hetero) is 1. The number of rotatable bonds is 2. The van der Waals surface area contributed by atoms with Gasteiger partial charge in [0.05, 0.1) is 6.26 Å². The number of esters is 1. The van der Waals surface area contributed by atoms with E-state index in [2.05, 4.69) is 0 Å². The molecule has 5 heteroatoms. The smallest absolute Gasteiger partial charge is 0.343 e. The summed E-state index contributed by atoms with van der Waals surface area (Å²) < 4.78 is 10.7. The summed E-state index contributed by atoms with van der Waals surface area (Å²) in [4.78, 5) is 36.2. The van der Waals surface area contributed by atoms with Gasteiger partial charge < -0.3 is 9.47 Å². The Bertz CT molecular complexity index is 773. The van der Waals surface area contributed by atoms with Gasteiger partial charge in [0.15, 0.2) is 11.4 Å². The van der Waals surface area contributed by atoms with Crippen LogP contribution in [-0.4, -0.2) is 23.1 Å². The lowest BCUT2D eigenvalue weighted by Gasteiger charge is -2.31. The second kappa shape index (κ2) is 4.66. The zero-order valence-corrected chi connectivity index (χ0v) is 12.4. The summed E-state index contributed by atoms with van der Waals surface area (Å²) in [6.45, 7) is 4.63. The van der Waals surface area contributed by atoms with Gasteiger partial charge in [0.25, 0.3) is 0 Å². The van der Waals surface area contributed by atoms with Crippen LogP contribution in [0.25, 0.3) is 0 Å². The summed E-state index contributed by atoms with van der Waals surface area (Å²) in [5.41, 5.74) is -0.106. The molecule has 0 saturated carbocycles. The highest BCUT2D eigenvalue weighted by Crippen LogP contribution is 2.46. The first-order chi connectivity index (χ1) is 10.4. The Hall–Kier alpha value is -2.69. The van der Waals surface area contributed by atoms with Gasteiger partial charge in [0.1, 0.15) is 11.3 Å². The minimum absolute atomic E-state index is 0.0841. The molecule has 0 spiro atoms. The van der Waals surface area contributed by atoms with Crippen molar-refractivity contribution in [3.8, 4) is 0 Å². The molecule has 2 heterocycles. The minimum Gasteiger partial charge on any atom is -0.464 e. The van der Waals surface area contributed by atoms with Crippen LogP contribution in [-0.2, 0) is 23.9 Å². The van der Waals surface area contributed by atoms with Gasteiger partial charge in [0.2, 0.25) is 5.78 Å². The number of hydrogen-bond donors (Lipinski definition) is 0. The fourth-order valence-electron chi connectivity index (χ4n) is 2.83. The van der Waals surface area contributed by atoms with Crippen molar-refractivity contribution in [3.63, 3.8) is 0 Å². The number of ether oxygens (including phenoxy) is 2. The van der Waals surface area contributed by atoms with Gasteiger partial charge >= 0.3 is 5.97 Å². The Morgan fingerprint density at radius 3 is 2.64 bits per heavy atom. The van der Waals surface area contributed by atoms with Gasteiger partial charge in [-0.1, -0.05) is 6.08 Å². The zero-order chi connectivity index (χ0) is 16.1. The van der Waals surface area contributed by atoms with Crippen molar-refractivity contribution < 1.29 is 23.9 Å². The monoisotopic (exact) mass is 298 g/mol. The topological polar surface area (TPSA) is 69.7 Å². The Kier molecular flexibility index (Phi) is 3.02. The summed E-state index contributed by atoms with van der Waals surface area (Å²) in [5, 5.41) is 0. The number of hydrogen-bond acceptors (Lipinski definition) is 5. The molecule has 112 valence electrons. The number of carbonyl (C=O) groups is 3. The van der Waals surface area contributed by atoms with E-state index in [9.17, 15) is 14.4 Å². The molecule has 1 aliphatic carbocycles. The molecule has 0 unspecified atom stereocenters. The Labute approximate surface area is 127 Å². The highest BCUT2D eigenvalue weighted by Gasteiger charge is 2.54. The van der Waals surface area contributed by atoms with E-state index in [1.54, 1.807) is 12.2 Å². The normalized spacial score (nSPS) is 26.8. The Balaban J connectivity index is 2.24. The number of allylic oxidation sites excluding steroid dienone is 4. The largest absolute Gasteiger partial charge is 0.464 e. The summed E-state index contributed by atoms with van der Waals surface area (Å²) in [6.07, 6.45) is 8.12. The SMILES string of the molecule is C/C=C/C1=CC2=CC(=O)[C@]3(C)OC(=O)C(C(C)=O)=C3C2=CO1. The second-order valence-electron chi connectivity index (χ2n) is 5.39. The molecule has 0 aromatic carbocycles. The predicted molar refractivity (Wildman–Crippen MR) is 77.4 cm³/mol. The average molecular weight is 298 g/mol. The third-order valence-electron chi connectivity index (χ3n) is 3.86. The fraction of sp³-hybridized carbons (Fsp3) is 0.235. The first kappa shape index (κ1) is 14.3. The van der Waals surface area contributed by atoms with Crippen molar-refractivity contribution in [1.29, 1.82) is 0 Å². The average Bonchev–Trinajstić information content (AvgIpc) is 2.72. The van der Waals surface area contributed by atoms with Gasteiger partial charge in [-0.25, -0.2) is 4.79 Å². The molecular formula is C17H14O5. The summed E-state index contributed by atoms with van der Waals surface area (Å²) in [6, 6.07) is 0. The van der Waals surface area contributed by atoms with Crippen LogP contribution in [0.1, 0.15) is 20.8 Å². The lowest BCUT2D eigenvalue weighted by atomic mass is 9.76. The number of carbonyl (C=O) groups excluding carboxylic acids is 3. The molecular weight excluding hydrogens is 284 g/mol. The number of fused-ring (bicyclic) bond motifs is 3. The van der Waals surface area contributed by atoms with E-state index in [0.717, 1.165) is 0 Å². The molecule has 22 heavy (non-hydrogen) atoms. The van der Waals surface area contributed by atoms with Gasteiger partial charge in [0, 0.05) is 11.1 Å². The van der Waals surface area contributed by atoms with Crippen molar-refractivity contribution in [2.75, 3.05) is 0 Å². The zero-order valence-electron chi connectivity index (χ0n) is 12.4. The summed E-state index contributed by atoms with van der Waals surface area (Å²) in [5.74, 6) is -0.986. The Morgan fingerprint density at radius 2 is 2.00 bits per heavy atom. The van der Waals surface area contributed by atoms with E-state index in [4.69, 9.17) is 9.47 Å². The standard InChI is InChI=1S/C17H14O5/c1-4-5-11-6-10-7-13(19)17(3)15(12(10)8-21-11)14(9(2)18)16(20)22-17/h4-8H,1-3H3/b5-4+/t17-/m0/s1. The molecule has 5 nitrogen and oxygen atoms in total. The first-order valence-corrected chi connectivity index (χ1v) is 6.85. The van der Waals surface area contributed by atoms with Crippen LogP contribution in [0.15, 0.2) is 58.6 Å². The maximum Gasteiger partial charge on any atom is 0.343 e. The van der Waals surface area contributed by atoms with Gasteiger partial charge in [-0.15, -0.1) is 0 Å². The van der Waals surface area contributed by atoms with Crippen molar-refractivity contribution in [1.82, 2.24) is 0 Å². The number of ketones is 2. The van der Waals surface area contributed by atoms with E-state index in [1.165, 1.54) is 26.2 Å². The molecule has 0 saturated heterocycles. The maximum absolute atomic E-state index is 12.4. The predicted octanol–water partition coefficient (Wildman–Crippen LogP) is 2.07. The van der Waals surface area contributed by atoms with E-state index in [1.807, 2.05) is 13.0 Å². The third-order valence-corrected chi connectivity index (χ3v) is 3.86. The van der Waals surface area contributed by atoms with Crippen molar-refractivity contribution in [2.45, 2.75) is 26.4 Å². The van der Waals surface area contributed by atoms with Crippen LogP contribution >= 0.6 is 0 Å². The van der Waals surface area contributed by atoms with Crippen molar-refractivity contribution in [2.24, 2.45) is 0 Å². The maximum atomic E-state index is 12.4. The minimum atomic E-state index is -1.46. The molecule has 0 aromatic heterocycles. The quantitative estimate of drug-likeness (QED) is 0.576. The molecule has 3 rings (SSSR count). The molecule has 0 N–H and O–H groups in total.